The van der Waals surface area contributed by atoms with Crippen molar-refractivity contribution < 1.29 is 9.90 Å². The smallest absolute Gasteiger partial charge is 0.238 e. The van der Waals surface area contributed by atoms with E-state index in [-0.39, 0.29) is 17.3 Å². The van der Waals surface area contributed by atoms with Crippen molar-refractivity contribution in [2.75, 3.05) is 12.3 Å². The summed E-state index contributed by atoms with van der Waals surface area (Å²) in [4.78, 5) is 11.8. The molecular weight excluding hydrogens is 236 g/mol. The molecule has 17 heavy (non-hydrogen) atoms. The van der Waals surface area contributed by atoms with Gasteiger partial charge in [-0.3, -0.25) is 4.79 Å². The van der Waals surface area contributed by atoms with Gasteiger partial charge in [-0.05, 0) is 32.2 Å². The zero-order chi connectivity index (χ0) is 13.1. The number of nitrogens with two attached hydrogens (primary N) is 1. The average molecular weight is 260 g/mol. The van der Waals surface area contributed by atoms with Gasteiger partial charge in [-0.2, -0.15) is 11.8 Å². The third kappa shape index (κ3) is 3.60. The van der Waals surface area contributed by atoms with Crippen molar-refractivity contribution in [3.05, 3.63) is 0 Å². The van der Waals surface area contributed by atoms with Crippen molar-refractivity contribution in [2.45, 2.75) is 50.5 Å². The van der Waals surface area contributed by atoms with Crippen LogP contribution < -0.4 is 11.1 Å². The molecule has 1 saturated carbocycles. The van der Waals surface area contributed by atoms with Gasteiger partial charge < -0.3 is 16.2 Å². The second kappa shape index (κ2) is 6.07. The molecule has 0 aromatic rings. The van der Waals surface area contributed by atoms with Gasteiger partial charge in [-0.25, -0.2) is 0 Å². The second-order valence-corrected chi connectivity index (χ2v) is 6.26. The number of thioether (sulfide) groups is 1. The Morgan fingerprint density at radius 3 is 2.53 bits per heavy atom. The zero-order valence-electron chi connectivity index (χ0n) is 10.9. The van der Waals surface area contributed by atoms with Crippen LogP contribution >= 0.6 is 11.8 Å². The number of amides is 1. The lowest BCUT2D eigenvalue weighted by Crippen LogP contribution is -2.59. The molecule has 0 radical (unpaired) electrons. The molecule has 1 aliphatic rings. The molecule has 1 rings (SSSR count). The second-order valence-electron chi connectivity index (χ2n) is 4.90. The Kier molecular flexibility index (Phi) is 5.28. The minimum absolute atomic E-state index is 0.117. The van der Waals surface area contributed by atoms with Crippen molar-refractivity contribution in [2.24, 2.45) is 11.7 Å². The maximum Gasteiger partial charge on any atom is 0.238 e. The van der Waals surface area contributed by atoms with Crippen molar-refractivity contribution in [1.29, 1.82) is 0 Å². The molecule has 3 unspecified atom stereocenters. The standard InChI is InChI=1S/C12H24N2O2S/c1-4-14-12(11(13)16,10-5-6-10)7-17-9(3)8(2)15/h8-10,14-15H,4-7H2,1-3H3,(H2,13,16). The van der Waals surface area contributed by atoms with E-state index in [2.05, 4.69) is 5.32 Å². The van der Waals surface area contributed by atoms with Crippen LogP contribution in [0.15, 0.2) is 0 Å². The summed E-state index contributed by atoms with van der Waals surface area (Å²) >= 11 is 1.61. The zero-order valence-corrected chi connectivity index (χ0v) is 11.7. The maximum atomic E-state index is 11.8. The van der Waals surface area contributed by atoms with Crippen LogP contribution in [-0.2, 0) is 4.79 Å². The number of hydrogen-bond acceptors (Lipinski definition) is 4. The normalized spacial score (nSPS) is 22.8. The van der Waals surface area contributed by atoms with Gasteiger partial charge in [0, 0.05) is 11.0 Å². The number of rotatable bonds is 8. The minimum atomic E-state index is -0.581. The molecule has 100 valence electrons. The fourth-order valence-corrected chi connectivity index (χ4v) is 3.25. The average Bonchev–Trinajstić information content (AvgIpc) is 3.07. The Morgan fingerprint density at radius 2 is 2.18 bits per heavy atom. The summed E-state index contributed by atoms with van der Waals surface area (Å²) in [6, 6.07) is 0. The molecular formula is C12H24N2O2S. The van der Waals surface area contributed by atoms with Crippen LogP contribution in [0.3, 0.4) is 0 Å². The van der Waals surface area contributed by atoms with E-state index < -0.39 is 5.54 Å². The molecule has 0 spiro atoms. The number of carbonyl (C=O) groups is 1. The van der Waals surface area contributed by atoms with Crippen LogP contribution in [0.4, 0.5) is 0 Å². The number of primary amides is 1. The quantitative estimate of drug-likeness (QED) is 0.601. The number of carbonyl (C=O) groups excluding carboxylic acids is 1. The van der Waals surface area contributed by atoms with Gasteiger partial charge in [0.15, 0.2) is 0 Å². The van der Waals surface area contributed by atoms with E-state index in [1.54, 1.807) is 18.7 Å². The lowest BCUT2D eigenvalue weighted by molar-refractivity contribution is -0.124. The summed E-state index contributed by atoms with van der Waals surface area (Å²) in [6.45, 7) is 6.47. The first kappa shape index (κ1) is 14.8. The number of aliphatic hydroxyl groups excluding tert-OH is 1. The molecule has 0 heterocycles. The highest BCUT2D eigenvalue weighted by Gasteiger charge is 2.49. The van der Waals surface area contributed by atoms with Crippen molar-refractivity contribution in [3.63, 3.8) is 0 Å². The van der Waals surface area contributed by atoms with Crippen molar-refractivity contribution >= 4 is 17.7 Å². The topological polar surface area (TPSA) is 75.3 Å². The highest BCUT2D eigenvalue weighted by Crippen LogP contribution is 2.42. The number of aliphatic hydroxyl groups is 1. The first-order valence-corrected chi connectivity index (χ1v) is 7.33. The van der Waals surface area contributed by atoms with Gasteiger partial charge in [0.25, 0.3) is 0 Å². The molecule has 4 nitrogen and oxygen atoms in total. The molecule has 0 aromatic heterocycles. The predicted octanol–water partition coefficient (Wildman–Crippen LogP) is 0.733. The molecule has 0 aromatic carbocycles. The van der Waals surface area contributed by atoms with Crippen molar-refractivity contribution in [3.8, 4) is 0 Å². The Bertz CT molecular complexity index is 269. The maximum absolute atomic E-state index is 11.8. The van der Waals surface area contributed by atoms with E-state index in [1.165, 1.54) is 0 Å². The molecule has 0 aliphatic heterocycles. The van der Waals surface area contributed by atoms with Gasteiger partial charge in [0.05, 0.1) is 6.10 Å². The van der Waals surface area contributed by atoms with Gasteiger partial charge in [-0.15, -0.1) is 0 Å². The van der Waals surface area contributed by atoms with E-state index >= 15 is 0 Å². The summed E-state index contributed by atoms with van der Waals surface area (Å²) in [5, 5.41) is 12.9. The van der Waals surface area contributed by atoms with Gasteiger partial charge in [-0.1, -0.05) is 13.8 Å². The summed E-state index contributed by atoms with van der Waals surface area (Å²) < 4.78 is 0. The van der Waals surface area contributed by atoms with E-state index in [0.717, 1.165) is 19.4 Å². The van der Waals surface area contributed by atoms with Gasteiger partial charge in [0.2, 0.25) is 5.91 Å². The lowest BCUT2D eigenvalue weighted by atomic mass is 9.94. The Balaban J connectivity index is 2.65. The third-order valence-corrected chi connectivity index (χ3v) is 5.00. The van der Waals surface area contributed by atoms with E-state index in [0.29, 0.717) is 11.7 Å². The Hall–Kier alpha value is -0.260. The molecule has 0 bridgehead atoms. The fraction of sp³-hybridized carbons (Fsp3) is 0.917. The fourth-order valence-electron chi connectivity index (χ4n) is 1.97. The molecule has 3 atom stereocenters. The summed E-state index contributed by atoms with van der Waals surface area (Å²) in [7, 11) is 0. The highest BCUT2D eigenvalue weighted by molar-refractivity contribution is 8.00. The molecule has 5 heteroatoms. The summed E-state index contributed by atoms with van der Waals surface area (Å²) in [6.07, 6.45) is 1.77. The molecule has 0 saturated heterocycles. The predicted molar refractivity (Wildman–Crippen MR) is 71.9 cm³/mol. The first-order valence-electron chi connectivity index (χ1n) is 6.28. The number of nitrogens with one attached hydrogen (secondary N) is 1. The number of likely N-dealkylation sites (N-methyl/N-ethyl adjacent to an activating group) is 1. The van der Waals surface area contributed by atoms with Crippen LogP contribution in [0, 0.1) is 5.92 Å². The molecule has 4 N–H and O–H groups in total. The highest BCUT2D eigenvalue weighted by atomic mass is 32.2. The van der Waals surface area contributed by atoms with E-state index in [9.17, 15) is 9.90 Å². The summed E-state index contributed by atoms with van der Waals surface area (Å²) in [5.41, 5.74) is 5.00. The minimum Gasteiger partial charge on any atom is -0.392 e. The van der Waals surface area contributed by atoms with Crippen LogP contribution in [0.1, 0.15) is 33.6 Å². The van der Waals surface area contributed by atoms with E-state index in [1.807, 2.05) is 13.8 Å². The Labute approximate surface area is 108 Å². The van der Waals surface area contributed by atoms with Crippen LogP contribution in [0.25, 0.3) is 0 Å². The molecule has 1 fully saturated rings. The first-order chi connectivity index (χ1) is 7.94. The monoisotopic (exact) mass is 260 g/mol. The van der Waals surface area contributed by atoms with Gasteiger partial charge in [0.1, 0.15) is 5.54 Å². The van der Waals surface area contributed by atoms with Crippen molar-refractivity contribution in [1.82, 2.24) is 5.32 Å². The van der Waals surface area contributed by atoms with Gasteiger partial charge >= 0.3 is 0 Å². The molecule has 1 aliphatic carbocycles. The third-order valence-electron chi connectivity index (χ3n) is 3.46. The van der Waals surface area contributed by atoms with Crippen LogP contribution in [0.2, 0.25) is 0 Å². The van der Waals surface area contributed by atoms with Crippen LogP contribution in [-0.4, -0.2) is 40.2 Å². The molecule has 1 amide bonds. The lowest BCUT2D eigenvalue weighted by Gasteiger charge is -2.32. The SMILES string of the molecule is CCNC(CSC(C)C(C)O)(C(N)=O)C1CC1. The largest absolute Gasteiger partial charge is 0.392 e. The number of hydrogen-bond donors (Lipinski definition) is 3. The van der Waals surface area contributed by atoms with Crippen LogP contribution in [0.5, 0.6) is 0 Å². The van der Waals surface area contributed by atoms with E-state index in [4.69, 9.17) is 5.73 Å². The summed E-state index contributed by atoms with van der Waals surface area (Å²) in [5.74, 6) is 0.758. The Morgan fingerprint density at radius 1 is 1.59 bits per heavy atom.